The Morgan fingerprint density at radius 3 is 3.14 bits per heavy atom. The first-order valence-corrected chi connectivity index (χ1v) is 8.22. The molecule has 1 atom stereocenters. The lowest BCUT2D eigenvalue weighted by atomic mass is 10.1. The van der Waals surface area contributed by atoms with Gasteiger partial charge in [-0.1, -0.05) is 25.1 Å². The van der Waals surface area contributed by atoms with Gasteiger partial charge in [0, 0.05) is 36.8 Å². The summed E-state index contributed by atoms with van der Waals surface area (Å²) in [6.07, 6.45) is 5.76. The molecular weight excluding hydrogens is 276 g/mol. The number of fused-ring (bicyclic) bond motifs is 1. The fraction of sp³-hybridized carbons (Fsp3) is 0.500. The number of amides is 1. The zero-order chi connectivity index (χ0) is 15.4. The van der Waals surface area contributed by atoms with E-state index < -0.39 is 0 Å². The minimum atomic E-state index is 0.203. The number of benzene rings is 1. The molecular formula is C18H24N2O2. The third kappa shape index (κ3) is 3.33. The molecule has 1 saturated heterocycles. The number of likely N-dealkylation sites (tertiary alicyclic amines) is 1. The van der Waals surface area contributed by atoms with Crippen molar-refractivity contribution in [2.75, 3.05) is 19.7 Å². The van der Waals surface area contributed by atoms with Crippen LogP contribution in [-0.4, -0.2) is 41.6 Å². The van der Waals surface area contributed by atoms with E-state index in [-0.39, 0.29) is 12.0 Å². The van der Waals surface area contributed by atoms with Crippen molar-refractivity contribution in [1.82, 2.24) is 9.88 Å². The van der Waals surface area contributed by atoms with Crippen LogP contribution in [0.25, 0.3) is 10.9 Å². The van der Waals surface area contributed by atoms with Gasteiger partial charge in [-0.15, -0.1) is 0 Å². The van der Waals surface area contributed by atoms with E-state index in [1.54, 1.807) is 0 Å². The molecule has 1 amide bonds. The molecule has 1 aromatic heterocycles. The van der Waals surface area contributed by atoms with Crippen LogP contribution in [0.3, 0.4) is 0 Å². The third-order valence-corrected chi connectivity index (χ3v) is 4.31. The van der Waals surface area contributed by atoms with Crippen LogP contribution >= 0.6 is 0 Å². The summed E-state index contributed by atoms with van der Waals surface area (Å²) in [6.45, 7) is 4.49. The van der Waals surface area contributed by atoms with Gasteiger partial charge in [-0.25, -0.2) is 0 Å². The van der Waals surface area contributed by atoms with Crippen molar-refractivity contribution in [3.63, 3.8) is 0 Å². The van der Waals surface area contributed by atoms with Gasteiger partial charge in [-0.05, 0) is 30.9 Å². The van der Waals surface area contributed by atoms with Crippen molar-refractivity contribution < 1.29 is 9.53 Å². The molecule has 118 valence electrons. The molecule has 1 aliphatic heterocycles. The minimum absolute atomic E-state index is 0.203. The van der Waals surface area contributed by atoms with Gasteiger partial charge in [-0.2, -0.15) is 0 Å². The van der Waals surface area contributed by atoms with Crippen molar-refractivity contribution in [3.05, 3.63) is 36.0 Å². The second-order valence-electron chi connectivity index (χ2n) is 6.01. The Kier molecular flexibility index (Phi) is 4.78. The molecule has 1 N–H and O–H groups in total. The highest BCUT2D eigenvalue weighted by atomic mass is 16.5. The number of nitrogens with zero attached hydrogens (tertiary/aromatic N) is 1. The van der Waals surface area contributed by atoms with Crippen LogP contribution in [0, 0.1) is 0 Å². The average molecular weight is 300 g/mol. The molecule has 1 fully saturated rings. The number of carbonyl (C=O) groups excluding carboxylic acids is 1. The number of aromatic amines is 1. The normalized spacial score (nSPS) is 18.8. The highest BCUT2D eigenvalue weighted by Gasteiger charge is 2.24. The summed E-state index contributed by atoms with van der Waals surface area (Å²) in [7, 11) is 0. The maximum atomic E-state index is 12.6. The summed E-state index contributed by atoms with van der Waals surface area (Å²) in [5, 5.41) is 1.15. The lowest BCUT2D eigenvalue weighted by Gasteiger charge is -2.32. The summed E-state index contributed by atoms with van der Waals surface area (Å²) in [4.78, 5) is 17.8. The summed E-state index contributed by atoms with van der Waals surface area (Å²) in [6, 6.07) is 8.13. The molecule has 4 nitrogen and oxygen atoms in total. The average Bonchev–Trinajstić information content (AvgIpc) is 2.96. The second kappa shape index (κ2) is 6.97. The van der Waals surface area contributed by atoms with Gasteiger partial charge in [0.2, 0.25) is 5.91 Å². The van der Waals surface area contributed by atoms with Gasteiger partial charge in [0.1, 0.15) is 0 Å². The van der Waals surface area contributed by atoms with Gasteiger partial charge in [0.25, 0.3) is 0 Å². The predicted octanol–water partition coefficient (Wildman–Crippen LogP) is 3.13. The topological polar surface area (TPSA) is 45.3 Å². The highest BCUT2D eigenvalue weighted by Crippen LogP contribution is 2.20. The number of aromatic nitrogens is 1. The first kappa shape index (κ1) is 15.1. The Balaban J connectivity index is 1.64. The van der Waals surface area contributed by atoms with Gasteiger partial charge in [-0.3, -0.25) is 4.79 Å². The summed E-state index contributed by atoms with van der Waals surface area (Å²) >= 11 is 0. The summed E-state index contributed by atoms with van der Waals surface area (Å²) in [5.74, 6) is 0.203. The number of carbonyl (C=O) groups is 1. The first-order chi connectivity index (χ1) is 10.8. The zero-order valence-corrected chi connectivity index (χ0v) is 13.2. The number of hydrogen-bond donors (Lipinski definition) is 1. The van der Waals surface area contributed by atoms with E-state index in [0.29, 0.717) is 6.42 Å². The molecule has 1 unspecified atom stereocenters. The van der Waals surface area contributed by atoms with Crippen LogP contribution in [0.4, 0.5) is 0 Å². The summed E-state index contributed by atoms with van der Waals surface area (Å²) in [5.41, 5.74) is 2.17. The molecule has 0 saturated carbocycles. The molecule has 4 heteroatoms. The van der Waals surface area contributed by atoms with Crippen molar-refractivity contribution in [2.45, 2.75) is 38.7 Å². The number of rotatable bonds is 5. The number of para-hydroxylation sites is 1. The molecule has 0 radical (unpaired) electrons. The predicted molar refractivity (Wildman–Crippen MR) is 87.8 cm³/mol. The van der Waals surface area contributed by atoms with E-state index in [4.69, 9.17) is 4.74 Å². The molecule has 1 aliphatic rings. The van der Waals surface area contributed by atoms with Crippen LogP contribution in [0.5, 0.6) is 0 Å². The SMILES string of the molecule is CCCOC1CCCN(C(=O)Cc2c[nH]c3ccccc23)C1. The molecule has 1 aromatic carbocycles. The Hall–Kier alpha value is -1.81. The van der Waals surface area contributed by atoms with E-state index in [2.05, 4.69) is 18.0 Å². The number of piperidine rings is 1. The van der Waals surface area contributed by atoms with Crippen molar-refractivity contribution in [2.24, 2.45) is 0 Å². The van der Waals surface area contributed by atoms with E-state index in [1.165, 1.54) is 0 Å². The van der Waals surface area contributed by atoms with Crippen LogP contribution in [0.2, 0.25) is 0 Å². The van der Waals surface area contributed by atoms with Gasteiger partial charge >= 0.3 is 0 Å². The lowest BCUT2D eigenvalue weighted by Crippen LogP contribution is -2.43. The molecule has 3 rings (SSSR count). The number of nitrogens with one attached hydrogen (secondary N) is 1. The molecule has 22 heavy (non-hydrogen) atoms. The van der Waals surface area contributed by atoms with E-state index in [1.807, 2.05) is 29.3 Å². The van der Waals surface area contributed by atoms with Crippen molar-refractivity contribution in [1.29, 1.82) is 0 Å². The number of hydrogen-bond acceptors (Lipinski definition) is 2. The maximum absolute atomic E-state index is 12.6. The Bertz CT molecular complexity index is 635. The lowest BCUT2D eigenvalue weighted by molar-refractivity contribution is -0.134. The third-order valence-electron chi connectivity index (χ3n) is 4.31. The van der Waals surface area contributed by atoms with Gasteiger partial charge in [0.05, 0.1) is 12.5 Å². The molecule has 0 bridgehead atoms. The monoisotopic (exact) mass is 300 g/mol. The molecule has 2 heterocycles. The molecule has 0 spiro atoms. The Morgan fingerprint density at radius 2 is 2.27 bits per heavy atom. The fourth-order valence-electron chi connectivity index (χ4n) is 3.14. The summed E-state index contributed by atoms with van der Waals surface area (Å²) < 4.78 is 5.82. The van der Waals surface area contributed by atoms with Crippen molar-refractivity contribution >= 4 is 16.8 Å². The molecule has 0 aliphatic carbocycles. The van der Waals surface area contributed by atoms with Crippen LogP contribution in [0.15, 0.2) is 30.5 Å². The van der Waals surface area contributed by atoms with E-state index in [9.17, 15) is 4.79 Å². The maximum Gasteiger partial charge on any atom is 0.227 e. The van der Waals surface area contributed by atoms with E-state index in [0.717, 1.165) is 55.4 Å². The van der Waals surface area contributed by atoms with Gasteiger partial charge in [0.15, 0.2) is 0 Å². The Labute approximate surface area is 131 Å². The highest BCUT2D eigenvalue weighted by molar-refractivity contribution is 5.88. The van der Waals surface area contributed by atoms with Crippen LogP contribution in [-0.2, 0) is 16.0 Å². The van der Waals surface area contributed by atoms with Gasteiger partial charge < -0.3 is 14.6 Å². The molecule has 2 aromatic rings. The van der Waals surface area contributed by atoms with Crippen LogP contribution in [0.1, 0.15) is 31.7 Å². The Morgan fingerprint density at radius 1 is 1.41 bits per heavy atom. The smallest absolute Gasteiger partial charge is 0.227 e. The minimum Gasteiger partial charge on any atom is -0.376 e. The standard InChI is InChI=1S/C18H24N2O2/c1-2-10-22-15-6-5-9-20(13-15)18(21)11-14-12-19-17-8-4-3-7-16(14)17/h3-4,7-8,12,15,19H,2,5-6,9-11,13H2,1H3. The quantitative estimate of drug-likeness (QED) is 0.922. The zero-order valence-electron chi connectivity index (χ0n) is 13.2. The number of H-pyrrole nitrogens is 1. The van der Waals surface area contributed by atoms with Crippen molar-refractivity contribution in [3.8, 4) is 0 Å². The number of ether oxygens (including phenoxy) is 1. The largest absolute Gasteiger partial charge is 0.376 e. The van der Waals surface area contributed by atoms with E-state index >= 15 is 0 Å². The van der Waals surface area contributed by atoms with Crippen LogP contribution < -0.4 is 0 Å². The first-order valence-electron chi connectivity index (χ1n) is 8.22. The second-order valence-corrected chi connectivity index (χ2v) is 6.01. The fourth-order valence-corrected chi connectivity index (χ4v) is 3.14.